The number of aryl methyl sites for hydroxylation is 1. The van der Waals surface area contributed by atoms with Crippen LogP contribution < -0.4 is 5.73 Å². The first-order chi connectivity index (χ1) is 7.15. The van der Waals surface area contributed by atoms with E-state index < -0.39 is 0 Å². The predicted octanol–water partition coefficient (Wildman–Crippen LogP) is 2.14. The molecule has 1 aliphatic carbocycles. The minimum atomic E-state index is -0.204. The highest BCUT2D eigenvalue weighted by molar-refractivity contribution is 5.25. The molecule has 1 saturated carbocycles. The molecule has 2 rings (SSSR count). The standard InChI is InChI=1S/C12H16FNO/c1-8-2-3-10(13)4-9(8)7-15-12-5-11(14)6-12/h2-4,11-12H,5-7,14H2,1H3. The number of rotatable bonds is 3. The molecule has 0 unspecified atom stereocenters. The quantitative estimate of drug-likeness (QED) is 0.827. The van der Waals surface area contributed by atoms with Crippen LogP contribution in [0.2, 0.25) is 0 Å². The number of hydrogen-bond donors (Lipinski definition) is 1. The molecule has 82 valence electrons. The summed E-state index contributed by atoms with van der Waals surface area (Å²) in [7, 11) is 0. The van der Waals surface area contributed by atoms with Crippen molar-refractivity contribution in [2.75, 3.05) is 0 Å². The molecule has 0 bridgehead atoms. The number of hydrogen-bond acceptors (Lipinski definition) is 2. The molecule has 0 radical (unpaired) electrons. The zero-order valence-corrected chi connectivity index (χ0v) is 8.87. The van der Waals surface area contributed by atoms with Gasteiger partial charge in [-0.25, -0.2) is 4.39 Å². The molecule has 1 aliphatic rings. The molecule has 0 atom stereocenters. The summed E-state index contributed by atoms with van der Waals surface area (Å²) in [4.78, 5) is 0. The Morgan fingerprint density at radius 2 is 2.20 bits per heavy atom. The van der Waals surface area contributed by atoms with Crippen LogP contribution in [-0.2, 0) is 11.3 Å². The van der Waals surface area contributed by atoms with Gasteiger partial charge in [0.1, 0.15) is 5.82 Å². The SMILES string of the molecule is Cc1ccc(F)cc1COC1CC(N)C1. The Labute approximate surface area is 89.2 Å². The van der Waals surface area contributed by atoms with Gasteiger partial charge in [-0.15, -0.1) is 0 Å². The van der Waals surface area contributed by atoms with Crippen molar-refractivity contribution in [3.05, 3.63) is 35.1 Å². The van der Waals surface area contributed by atoms with E-state index in [1.165, 1.54) is 12.1 Å². The van der Waals surface area contributed by atoms with Crippen molar-refractivity contribution in [2.45, 2.75) is 38.5 Å². The van der Waals surface area contributed by atoms with Gasteiger partial charge in [0.15, 0.2) is 0 Å². The van der Waals surface area contributed by atoms with E-state index in [-0.39, 0.29) is 11.9 Å². The van der Waals surface area contributed by atoms with Crippen LogP contribution in [0.4, 0.5) is 4.39 Å². The first kappa shape index (κ1) is 10.6. The molecule has 1 fully saturated rings. The van der Waals surface area contributed by atoms with Crippen molar-refractivity contribution >= 4 is 0 Å². The second-order valence-electron chi connectivity index (χ2n) is 4.24. The van der Waals surface area contributed by atoms with Crippen LogP contribution in [0.25, 0.3) is 0 Å². The molecule has 0 aliphatic heterocycles. The topological polar surface area (TPSA) is 35.2 Å². The normalized spacial score (nSPS) is 25.0. The maximum atomic E-state index is 13.0. The van der Waals surface area contributed by atoms with E-state index in [1.54, 1.807) is 6.07 Å². The fourth-order valence-electron chi connectivity index (χ4n) is 1.75. The third-order valence-electron chi connectivity index (χ3n) is 2.92. The molecule has 15 heavy (non-hydrogen) atoms. The lowest BCUT2D eigenvalue weighted by Crippen LogP contribution is -2.41. The van der Waals surface area contributed by atoms with Crippen LogP contribution in [0.5, 0.6) is 0 Å². The van der Waals surface area contributed by atoms with Crippen LogP contribution in [-0.4, -0.2) is 12.1 Å². The molecule has 0 spiro atoms. The van der Waals surface area contributed by atoms with Crippen LogP contribution in [0.3, 0.4) is 0 Å². The average molecular weight is 209 g/mol. The van der Waals surface area contributed by atoms with E-state index >= 15 is 0 Å². The van der Waals surface area contributed by atoms with Crippen LogP contribution in [0.15, 0.2) is 18.2 Å². The largest absolute Gasteiger partial charge is 0.373 e. The maximum absolute atomic E-state index is 13.0. The van der Waals surface area contributed by atoms with Gasteiger partial charge in [-0.1, -0.05) is 6.07 Å². The van der Waals surface area contributed by atoms with Gasteiger partial charge in [-0.05, 0) is 43.0 Å². The lowest BCUT2D eigenvalue weighted by atomic mass is 9.90. The highest BCUT2D eigenvalue weighted by Crippen LogP contribution is 2.23. The maximum Gasteiger partial charge on any atom is 0.123 e. The van der Waals surface area contributed by atoms with Gasteiger partial charge in [0.25, 0.3) is 0 Å². The summed E-state index contributed by atoms with van der Waals surface area (Å²) in [5, 5.41) is 0. The van der Waals surface area contributed by atoms with E-state index in [1.807, 2.05) is 6.92 Å². The molecule has 0 amide bonds. The summed E-state index contributed by atoms with van der Waals surface area (Å²) in [5.41, 5.74) is 7.65. The molecular weight excluding hydrogens is 193 g/mol. The van der Waals surface area contributed by atoms with Crippen molar-refractivity contribution in [3.8, 4) is 0 Å². The highest BCUT2D eigenvalue weighted by atomic mass is 19.1. The van der Waals surface area contributed by atoms with Gasteiger partial charge >= 0.3 is 0 Å². The first-order valence-corrected chi connectivity index (χ1v) is 5.27. The van der Waals surface area contributed by atoms with Gasteiger partial charge in [-0.3, -0.25) is 0 Å². The molecule has 0 heterocycles. The Morgan fingerprint density at radius 3 is 2.87 bits per heavy atom. The van der Waals surface area contributed by atoms with E-state index in [0.29, 0.717) is 12.6 Å². The van der Waals surface area contributed by atoms with Gasteiger partial charge in [0, 0.05) is 6.04 Å². The predicted molar refractivity (Wildman–Crippen MR) is 56.9 cm³/mol. The summed E-state index contributed by atoms with van der Waals surface area (Å²) in [6.45, 7) is 2.45. The Balaban J connectivity index is 1.90. The summed E-state index contributed by atoms with van der Waals surface area (Å²) >= 11 is 0. The fourth-order valence-corrected chi connectivity index (χ4v) is 1.75. The number of benzene rings is 1. The van der Waals surface area contributed by atoms with Crippen LogP contribution in [0, 0.1) is 12.7 Å². The Hall–Kier alpha value is -0.930. The monoisotopic (exact) mass is 209 g/mol. The fraction of sp³-hybridized carbons (Fsp3) is 0.500. The van der Waals surface area contributed by atoms with E-state index in [2.05, 4.69) is 0 Å². The molecule has 3 heteroatoms. The highest BCUT2D eigenvalue weighted by Gasteiger charge is 2.26. The molecule has 1 aromatic carbocycles. The Kier molecular flexibility index (Phi) is 3.03. The zero-order chi connectivity index (χ0) is 10.8. The van der Waals surface area contributed by atoms with Crippen LogP contribution in [0.1, 0.15) is 24.0 Å². The molecule has 0 aromatic heterocycles. The molecule has 1 aromatic rings. The van der Waals surface area contributed by atoms with Crippen molar-refractivity contribution < 1.29 is 9.13 Å². The van der Waals surface area contributed by atoms with Crippen molar-refractivity contribution in [1.82, 2.24) is 0 Å². The smallest absolute Gasteiger partial charge is 0.123 e. The van der Waals surface area contributed by atoms with E-state index in [0.717, 1.165) is 24.0 Å². The van der Waals surface area contributed by atoms with Gasteiger partial charge in [-0.2, -0.15) is 0 Å². The summed E-state index contributed by atoms with van der Waals surface area (Å²) in [5.74, 6) is -0.204. The van der Waals surface area contributed by atoms with E-state index in [9.17, 15) is 4.39 Å². The second-order valence-corrected chi connectivity index (χ2v) is 4.24. The minimum absolute atomic E-state index is 0.204. The molecule has 2 nitrogen and oxygen atoms in total. The first-order valence-electron chi connectivity index (χ1n) is 5.27. The lowest BCUT2D eigenvalue weighted by Gasteiger charge is -2.32. The molecular formula is C12H16FNO. The second kappa shape index (κ2) is 4.29. The zero-order valence-electron chi connectivity index (χ0n) is 8.87. The molecule has 0 saturated heterocycles. The molecule has 2 N–H and O–H groups in total. The van der Waals surface area contributed by atoms with Crippen LogP contribution >= 0.6 is 0 Å². The van der Waals surface area contributed by atoms with E-state index in [4.69, 9.17) is 10.5 Å². The Bertz CT molecular complexity index is 347. The van der Waals surface area contributed by atoms with Gasteiger partial charge < -0.3 is 10.5 Å². The van der Waals surface area contributed by atoms with Crippen molar-refractivity contribution in [1.29, 1.82) is 0 Å². The average Bonchev–Trinajstić information content (AvgIpc) is 2.16. The third-order valence-corrected chi connectivity index (χ3v) is 2.92. The van der Waals surface area contributed by atoms with Crippen molar-refractivity contribution in [3.63, 3.8) is 0 Å². The van der Waals surface area contributed by atoms with Gasteiger partial charge in [0.2, 0.25) is 0 Å². The number of ether oxygens (including phenoxy) is 1. The summed E-state index contributed by atoms with van der Waals surface area (Å²) < 4.78 is 18.6. The summed E-state index contributed by atoms with van der Waals surface area (Å²) in [6, 6.07) is 5.08. The summed E-state index contributed by atoms with van der Waals surface area (Å²) in [6.07, 6.45) is 2.12. The van der Waals surface area contributed by atoms with Gasteiger partial charge in [0.05, 0.1) is 12.7 Å². The van der Waals surface area contributed by atoms with Crippen molar-refractivity contribution in [2.24, 2.45) is 5.73 Å². The third kappa shape index (κ3) is 2.55. The lowest BCUT2D eigenvalue weighted by molar-refractivity contribution is -0.0191. The minimum Gasteiger partial charge on any atom is -0.373 e. The number of nitrogens with two attached hydrogens (primary N) is 1. The number of halogens is 1. The Morgan fingerprint density at radius 1 is 1.47 bits per heavy atom.